The molecular weight excluding hydrogens is 921 g/mol. The number of unbranched alkanes of at least 4 members (excludes halogenated alkanes) is 1. The molecule has 0 fully saturated rings. The maximum Gasteiger partial charge on any atom is 0.326 e. The summed E-state index contributed by atoms with van der Waals surface area (Å²) in [5.74, 6) is -5.44. The highest BCUT2D eigenvalue weighted by atomic mass is 32.2. The molecule has 7 atom stereocenters. The molecule has 4 aromatic rings. The summed E-state index contributed by atoms with van der Waals surface area (Å²) in [5.41, 5.74) is 13.9. The Morgan fingerprint density at radius 3 is 1.27 bits per heavy atom. The Labute approximate surface area is 411 Å². The smallest absolute Gasteiger partial charge is 0.326 e. The van der Waals surface area contributed by atoms with Gasteiger partial charge in [-0.05, 0) is 110 Å². The Morgan fingerprint density at radius 2 is 0.857 bits per heavy atom. The molecule has 20 heteroatoms. The number of rotatable bonds is 28. The van der Waals surface area contributed by atoms with E-state index in [2.05, 4.69) is 31.9 Å². The first-order chi connectivity index (χ1) is 33.5. The zero-order chi connectivity index (χ0) is 51.2. The van der Waals surface area contributed by atoms with Crippen molar-refractivity contribution >= 4 is 53.2 Å². The van der Waals surface area contributed by atoms with Crippen LogP contribution in [0, 0.1) is 0 Å². The molecule has 4 aromatic carbocycles. The van der Waals surface area contributed by atoms with Crippen LogP contribution in [0.4, 0.5) is 0 Å². The van der Waals surface area contributed by atoms with Crippen LogP contribution in [0.15, 0.2) is 103 Å². The molecule has 0 heterocycles. The van der Waals surface area contributed by atoms with E-state index >= 15 is 0 Å². The van der Waals surface area contributed by atoms with Crippen molar-refractivity contribution in [2.75, 3.05) is 18.6 Å². The first kappa shape index (κ1) is 55.4. The fraction of sp³-hybridized carbons (Fsp3) is 0.380. The Kier molecular flexibility index (Phi) is 22.5. The zero-order valence-electron chi connectivity index (χ0n) is 39.1. The number of aliphatic carboxylic acids is 1. The third kappa shape index (κ3) is 18.7. The van der Waals surface area contributed by atoms with Crippen molar-refractivity contribution in [2.24, 2.45) is 11.5 Å². The standard InChI is InChI=1S/C50H64N8O11S/c1-30(53-45(63)38(52)23-25-70-2)44(62)55-40(26-32-11-17-35(59)18-12-32)47(65)54-39(10-6-7-24-51)46(64)56-41(27-33-13-19-36(60)20-14-33)48(66)57-42(28-34-15-21-37(61)22-16-34)49(67)58-43(50(68)69)29-31-8-4-3-5-9-31/h3-5,8-9,11-22,30,38-43,59-61H,6-7,10,23-29,51-52H2,1-2H3,(H,53,63)(H,54,65)(H,55,62)(H,56,64)(H,57,66)(H,58,67)(H,68,69)/t30-,38-,39-,40-,41-,42-,43-/m0/s1. The minimum atomic E-state index is -1.43. The van der Waals surface area contributed by atoms with E-state index in [9.17, 15) is 54.0 Å². The lowest BCUT2D eigenvalue weighted by Crippen LogP contribution is -2.60. The third-order valence-corrected chi connectivity index (χ3v) is 11.9. The predicted octanol–water partition coefficient (Wildman–Crippen LogP) is 1.30. The Hall–Kier alpha value is -7.16. The van der Waals surface area contributed by atoms with E-state index in [-0.39, 0.29) is 55.9 Å². The first-order valence-electron chi connectivity index (χ1n) is 22.8. The highest BCUT2D eigenvalue weighted by molar-refractivity contribution is 7.98. The van der Waals surface area contributed by atoms with Gasteiger partial charge in [0.15, 0.2) is 0 Å². The second kappa shape index (κ2) is 28.4. The van der Waals surface area contributed by atoms with Gasteiger partial charge < -0.3 is 63.8 Å². The number of carboxylic acids is 1. The Bertz CT molecular complexity index is 2340. The Balaban J connectivity index is 1.63. The number of hydrogen-bond donors (Lipinski definition) is 12. The van der Waals surface area contributed by atoms with Crippen LogP contribution in [-0.4, -0.2) is 123 Å². The molecule has 14 N–H and O–H groups in total. The van der Waals surface area contributed by atoms with E-state index in [0.29, 0.717) is 47.3 Å². The summed E-state index contributed by atoms with van der Waals surface area (Å²) >= 11 is 1.51. The van der Waals surface area contributed by atoms with E-state index in [0.717, 1.165) is 0 Å². The van der Waals surface area contributed by atoms with Crippen LogP contribution < -0.4 is 43.4 Å². The van der Waals surface area contributed by atoms with Gasteiger partial charge in [0.25, 0.3) is 0 Å². The molecule has 0 aliphatic rings. The van der Waals surface area contributed by atoms with Crippen LogP contribution >= 0.6 is 11.8 Å². The minimum absolute atomic E-state index is 0.0342. The number of aromatic hydroxyl groups is 3. The lowest BCUT2D eigenvalue weighted by molar-refractivity contribution is -0.142. The van der Waals surface area contributed by atoms with Crippen molar-refractivity contribution in [1.29, 1.82) is 0 Å². The molecular formula is C50H64N8O11S. The maximum atomic E-state index is 14.5. The van der Waals surface area contributed by atoms with Gasteiger partial charge in [-0.2, -0.15) is 11.8 Å². The van der Waals surface area contributed by atoms with Gasteiger partial charge in [-0.1, -0.05) is 66.7 Å². The maximum absolute atomic E-state index is 14.5. The molecule has 0 unspecified atom stereocenters. The van der Waals surface area contributed by atoms with Crippen LogP contribution in [0.5, 0.6) is 17.2 Å². The number of carboxylic acid groups (broad SMARTS) is 1. The van der Waals surface area contributed by atoms with Crippen molar-refractivity contribution in [3.63, 3.8) is 0 Å². The average Bonchev–Trinajstić information content (AvgIpc) is 3.34. The second-order valence-electron chi connectivity index (χ2n) is 16.8. The number of benzene rings is 4. The van der Waals surface area contributed by atoms with E-state index in [4.69, 9.17) is 11.5 Å². The lowest BCUT2D eigenvalue weighted by Gasteiger charge is -2.28. The summed E-state index contributed by atoms with van der Waals surface area (Å²) in [6.07, 6.45) is 2.57. The van der Waals surface area contributed by atoms with Crippen molar-refractivity contribution in [2.45, 2.75) is 101 Å². The van der Waals surface area contributed by atoms with Gasteiger partial charge in [0, 0.05) is 25.7 Å². The summed E-state index contributed by atoms with van der Waals surface area (Å²) < 4.78 is 0. The van der Waals surface area contributed by atoms with E-state index in [1.165, 1.54) is 79.3 Å². The SMILES string of the molecule is CSCC[C@H](N)C(=O)N[C@@H](C)C(=O)N[C@@H](Cc1ccc(O)cc1)C(=O)N[C@@H](CCCCN)C(=O)N[C@@H](Cc1ccc(O)cc1)C(=O)N[C@@H](Cc1ccc(O)cc1)C(=O)N[C@@H](Cc1ccccc1)C(=O)O. The molecule has 70 heavy (non-hydrogen) atoms. The van der Waals surface area contributed by atoms with Crippen molar-refractivity contribution in [3.8, 4) is 17.2 Å². The molecule has 4 rings (SSSR count). The average molecular weight is 985 g/mol. The van der Waals surface area contributed by atoms with Gasteiger partial charge in [-0.3, -0.25) is 28.8 Å². The van der Waals surface area contributed by atoms with Gasteiger partial charge in [0.1, 0.15) is 53.5 Å². The molecule has 6 amide bonds. The number of thioether (sulfide) groups is 1. The summed E-state index contributed by atoms with van der Waals surface area (Å²) in [6.45, 7) is 1.69. The quantitative estimate of drug-likeness (QED) is 0.0357. The lowest BCUT2D eigenvalue weighted by atomic mass is 10.00. The normalized spacial score (nSPS) is 14.0. The number of nitrogens with two attached hydrogens (primary N) is 2. The van der Waals surface area contributed by atoms with Gasteiger partial charge in [0.05, 0.1) is 6.04 Å². The van der Waals surface area contributed by atoms with Crippen LogP contribution in [0.1, 0.15) is 54.9 Å². The van der Waals surface area contributed by atoms with Crippen LogP contribution in [0.25, 0.3) is 0 Å². The van der Waals surface area contributed by atoms with Crippen molar-refractivity contribution in [1.82, 2.24) is 31.9 Å². The number of amides is 6. The number of carbonyl (C=O) groups is 7. The topological polar surface area (TPSA) is 325 Å². The summed E-state index contributed by atoms with van der Waals surface area (Å²) in [5, 5.41) is 55.9. The zero-order valence-corrected chi connectivity index (χ0v) is 40.0. The van der Waals surface area contributed by atoms with Crippen molar-refractivity contribution in [3.05, 3.63) is 125 Å². The molecule has 376 valence electrons. The van der Waals surface area contributed by atoms with Gasteiger partial charge in [-0.15, -0.1) is 0 Å². The summed E-state index contributed by atoms with van der Waals surface area (Å²) in [4.78, 5) is 96.0. The summed E-state index contributed by atoms with van der Waals surface area (Å²) in [7, 11) is 0. The van der Waals surface area contributed by atoms with Crippen LogP contribution in [0.2, 0.25) is 0 Å². The molecule has 0 bridgehead atoms. The number of nitrogens with one attached hydrogen (secondary N) is 6. The molecule has 0 radical (unpaired) electrons. The fourth-order valence-electron chi connectivity index (χ4n) is 7.19. The fourth-order valence-corrected chi connectivity index (χ4v) is 7.68. The van der Waals surface area contributed by atoms with Gasteiger partial charge in [0.2, 0.25) is 35.4 Å². The molecule has 0 saturated carbocycles. The number of phenolic OH excluding ortho intramolecular Hbond substituents is 3. The molecule has 0 spiro atoms. The minimum Gasteiger partial charge on any atom is -0.508 e. The highest BCUT2D eigenvalue weighted by Crippen LogP contribution is 2.16. The predicted molar refractivity (Wildman–Crippen MR) is 264 cm³/mol. The largest absolute Gasteiger partial charge is 0.508 e. The van der Waals surface area contributed by atoms with E-state index in [1.54, 1.807) is 42.5 Å². The molecule has 0 saturated heterocycles. The Morgan fingerprint density at radius 1 is 0.486 bits per heavy atom. The van der Waals surface area contributed by atoms with Crippen LogP contribution in [-0.2, 0) is 59.2 Å². The number of carbonyl (C=O) groups excluding carboxylic acids is 6. The number of phenols is 3. The number of hydrogen-bond acceptors (Lipinski definition) is 13. The van der Waals surface area contributed by atoms with Crippen molar-refractivity contribution < 1.29 is 54.0 Å². The molecule has 0 aliphatic carbocycles. The van der Waals surface area contributed by atoms with E-state index < -0.39 is 83.7 Å². The first-order valence-corrected chi connectivity index (χ1v) is 24.2. The van der Waals surface area contributed by atoms with Gasteiger partial charge >= 0.3 is 5.97 Å². The van der Waals surface area contributed by atoms with E-state index in [1.807, 2.05) is 6.26 Å². The second-order valence-corrected chi connectivity index (χ2v) is 17.8. The summed E-state index contributed by atoms with van der Waals surface area (Å²) in [6, 6.07) is 17.4. The van der Waals surface area contributed by atoms with Gasteiger partial charge in [-0.25, -0.2) is 4.79 Å². The molecule has 19 nitrogen and oxygen atoms in total. The van der Waals surface area contributed by atoms with Crippen LogP contribution in [0.3, 0.4) is 0 Å². The highest BCUT2D eigenvalue weighted by Gasteiger charge is 2.34. The monoisotopic (exact) mass is 984 g/mol. The molecule has 0 aromatic heterocycles. The molecule has 0 aliphatic heterocycles. The third-order valence-electron chi connectivity index (χ3n) is 11.2.